The quantitative estimate of drug-likeness (QED) is 0.592. The normalized spacial score (nSPS) is 11.3. The molecule has 88 valence electrons. The second-order valence-corrected chi connectivity index (χ2v) is 3.42. The highest BCUT2D eigenvalue weighted by atomic mass is 16.5. The van der Waals surface area contributed by atoms with Crippen LogP contribution in [0.2, 0.25) is 0 Å². The Morgan fingerprint density at radius 3 is 2.88 bits per heavy atom. The molecule has 0 aliphatic carbocycles. The molecule has 2 N–H and O–H groups in total. The first-order valence-electron chi connectivity index (χ1n) is 5.36. The SMILES string of the molecule is CCCOc1cccc(O)c1/C(C)=N\NC. The topological polar surface area (TPSA) is 53.9 Å². The van der Waals surface area contributed by atoms with Crippen LogP contribution in [0.4, 0.5) is 0 Å². The summed E-state index contributed by atoms with van der Waals surface area (Å²) in [5.41, 5.74) is 4.04. The highest BCUT2D eigenvalue weighted by Crippen LogP contribution is 2.28. The number of hydrazone groups is 1. The van der Waals surface area contributed by atoms with Gasteiger partial charge in [-0.15, -0.1) is 0 Å². The average molecular weight is 222 g/mol. The van der Waals surface area contributed by atoms with Gasteiger partial charge in [-0.3, -0.25) is 0 Å². The molecule has 0 aliphatic rings. The van der Waals surface area contributed by atoms with Crippen LogP contribution >= 0.6 is 0 Å². The molecular formula is C12H18N2O2. The molecule has 0 aromatic heterocycles. The zero-order valence-corrected chi connectivity index (χ0v) is 9.95. The number of aromatic hydroxyl groups is 1. The van der Waals surface area contributed by atoms with Crippen molar-refractivity contribution in [2.75, 3.05) is 13.7 Å². The molecule has 0 saturated heterocycles. The number of hydrogen-bond acceptors (Lipinski definition) is 4. The summed E-state index contributed by atoms with van der Waals surface area (Å²) in [5, 5.41) is 13.9. The van der Waals surface area contributed by atoms with Crippen molar-refractivity contribution in [2.45, 2.75) is 20.3 Å². The van der Waals surface area contributed by atoms with Gasteiger partial charge in [0.1, 0.15) is 11.5 Å². The van der Waals surface area contributed by atoms with Crippen LogP contribution in [0.3, 0.4) is 0 Å². The Balaban J connectivity index is 3.08. The Kier molecular flexibility index (Phi) is 4.64. The average Bonchev–Trinajstić information content (AvgIpc) is 2.26. The van der Waals surface area contributed by atoms with Gasteiger partial charge in [0.15, 0.2) is 0 Å². The van der Waals surface area contributed by atoms with Gasteiger partial charge in [-0.25, -0.2) is 0 Å². The first-order valence-corrected chi connectivity index (χ1v) is 5.36. The number of nitrogens with zero attached hydrogens (tertiary/aromatic N) is 1. The fourth-order valence-corrected chi connectivity index (χ4v) is 1.44. The summed E-state index contributed by atoms with van der Waals surface area (Å²) < 4.78 is 5.57. The number of benzene rings is 1. The fourth-order valence-electron chi connectivity index (χ4n) is 1.44. The van der Waals surface area contributed by atoms with E-state index in [1.807, 2.05) is 19.9 Å². The van der Waals surface area contributed by atoms with Crippen LogP contribution in [-0.4, -0.2) is 24.5 Å². The predicted molar refractivity (Wildman–Crippen MR) is 65.2 cm³/mol. The standard InChI is InChI=1S/C12H18N2O2/c1-4-8-16-11-7-5-6-10(15)12(11)9(2)14-13-3/h5-7,13,15H,4,8H2,1-3H3/b14-9-. The second kappa shape index (κ2) is 6.00. The minimum Gasteiger partial charge on any atom is -0.507 e. The van der Waals surface area contributed by atoms with Crippen molar-refractivity contribution in [3.8, 4) is 11.5 Å². The molecule has 0 heterocycles. The summed E-state index contributed by atoms with van der Waals surface area (Å²) in [6.07, 6.45) is 0.928. The minimum absolute atomic E-state index is 0.185. The fraction of sp³-hybridized carbons (Fsp3) is 0.417. The molecule has 16 heavy (non-hydrogen) atoms. The first-order chi connectivity index (χ1) is 7.70. The summed E-state index contributed by atoms with van der Waals surface area (Å²) in [5.74, 6) is 0.850. The number of nitrogens with one attached hydrogen (secondary N) is 1. The molecule has 0 bridgehead atoms. The molecule has 0 fully saturated rings. The van der Waals surface area contributed by atoms with Gasteiger partial charge in [0, 0.05) is 7.05 Å². The van der Waals surface area contributed by atoms with E-state index in [1.165, 1.54) is 0 Å². The molecule has 0 unspecified atom stereocenters. The van der Waals surface area contributed by atoms with Crippen LogP contribution < -0.4 is 10.2 Å². The van der Waals surface area contributed by atoms with Crippen LogP contribution in [0.15, 0.2) is 23.3 Å². The maximum absolute atomic E-state index is 9.80. The Bertz CT molecular complexity index is 375. The molecule has 0 radical (unpaired) electrons. The van der Waals surface area contributed by atoms with Gasteiger partial charge in [-0.2, -0.15) is 5.10 Å². The Labute approximate surface area is 95.9 Å². The molecule has 1 aromatic carbocycles. The highest BCUT2D eigenvalue weighted by Gasteiger charge is 2.11. The van der Waals surface area contributed by atoms with E-state index in [-0.39, 0.29) is 5.75 Å². The van der Waals surface area contributed by atoms with Crippen molar-refractivity contribution < 1.29 is 9.84 Å². The third-order valence-electron chi connectivity index (χ3n) is 2.11. The van der Waals surface area contributed by atoms with Crippen molar-refractivity contribution >= 4 is 5.71 Å². The van der Waals surface area contributed by atoms with Gasteiger partial charge in [0.2, 0.25) is 0 Å². The number of phenolic OH excluding ortho intramolecular Hbond substituents is 1. The Morgan fingerprint density at radius 2 is 2.25 bits per heavy atom. The summed E-state index contributed by atoms with van der Waals surface area (Å²) in [6, 6.07) is 5.22. The molecule has 0 atom stereocenters. The largest absolute Gasteiger partial charge is 0.507 e. The highest BCUT2D eigenvalue weighted by molar-refractivity contribution is 6.03. The zero-order valence-electron chi connectivity index (χ0n) is 9.95. The van der Waals surface area contributed by atoms with Crippen LogP contribution in [0, 0.1) is 0 Å². The van der Waals surface area contributed by atoms with E-state index in [1.54, 1.807) is 19.2 Å². The van der Waals surface area contributed by atoms with Crippen LogP contribution in [0.25, 0.3) is 0 Å². The maximum Gasteiger partial charge on any atom is 0.132 e. The van der Waals surface area contributed by atoms with E-state index in [4.69, 9.17) is 4.74 Å². The number of hydrogen-bond donors (Lipinski definition) is 2. The Hall–Kier alpha value is -1.71. The van der Waals surface area contributed by atoms with Crippen molar-refractivity contribution in [3.63, 3.8) is 0 Å². The van der Waals surface area contributed by atoms with Gasteiger partial charge >= 0.3 is 0 Å². The minimum atomic E-state index is 0.185. The van der Waals surface area contributed by atoms with E-state index in [9.17, 15) is 5.11 Å². The molecule has 0 spiro atoms. The van der Waals surface area contributed by atoms with Crippen molar-refractivity contribution in [1.29, 1.82) is 0 Å². The molecular weight excluding hydrogens is 204 g/mol. The van der Waals surface area contributed by atoms with E-state index in [2.05, 4.69) is 10.5 Å². The van der Waals surface area contributed by atoms with Crippen LogP contribution in [-0.2, 0) is 0 Å². The van der Waals surface area contributed by atoms with Gasteiger partial charge in [-0.1, -0.05) is 13.0 Å². The predicted octanol–water partition coefficient (Wildman–Crippen LogP) is 2.12. The maximum atomic E-state index is 9.80. The molecule has 0 amide bonds. The van der Waals surface area contributed by atoms with E-state index in [0.29, 0.717) is 23.6 Å². The van der Waals surface area contributed by atoms with E-state index in [0.717, 1.165) is 6.42 Å². The number of ether oxygens (including phenoxy) is 1. The van der Waals surface area contributed by atoms with Gasteiger partial charge in [-0.05, 0) is 25.5 Å². The molecule has 0 saturated carbocycles. The lowest BCUT2D eigenvalue weighted by atomic mass is 10.1. The number of rotatable bonds is 5. The molecule has 4 heteroatoms. The molecule has 1 rings (SSSR count). The van der Waals surface area contributed by atoms with Gasteiger partial charge < -0.3 is 15.3 Å². The second-order valence-electron chi connectivity index (χ2n) is 3.42. The van der Waals surface area contributed by atoms with Gasteiger partial charge in [0.05, 0.1) is 17.9 Å². The van der Waals surface area contributed by atoms with Crippen molar-refractivity contribution in [3.05, 3.63) is 23.8 Å². The lowest BCUT2D eigenvalue weighted by Crippen LogP contribution is -2.07. The number of phenols is 1. The van der Waals surface area contributed by atoms with Crippen LogP contribution in [0.1, 0.15) is 25.8 Å². The van der Waals surface area contributed by atoms with Crippen LogP contribution in [0.5, 0.6) is 11.5 Å². The molecule has 4 nitrogen and oxygen atoms in total. The third kappa shape index (κ3) is 2.89. The first kappa shape index (κ1) is 12.4. The summed E-state index contributed by atoms with van der Waals surface area (Å²) in [4.78, 5) is 0. The van der Waals surface area contributed by atoms with E-state index >= 15 is 0 Å². The zero-order chi connectivity index (χ0) is 12.0. The van der Waals surface area contributed by atoms with Crippen molar-refractivity contribution in [1.82, 2.24) is 5.43 Å². The lowest BCUT2D eigenvalue weighted by Gasteiger charge is -2.11. The van der Waals surface area contributed by atoms with Crippen molar-refractivity contribution in [2.24, 2.45) is 5.10 Å². The summed E-state index contributed by atoms with van der Waals surface area (Å²) >= 11 is 0. The Morgan fingerprint density at radius 1 is 1.50 bits per heavy atom. The summed E-state index contributed by atoms with van der Waals surface area (Å²) in [7, 11) is 1.72. The van der Waals surface area contributed by atoms with Gasteiger partial charge in [0.25, 0.3) is 0 Å². The monoisotopic (exact) mass is 222 g/mol. The van der Waals surface area contributed by atoms with E-state index < -0.39 is 0 Å². The molecule has 1 aromatic rings. The molecule has 0 aliphatic heterocycles. The smallest absolute Gasteiger partial charge is 0.132 e. The lowest BCUT2D eigenvalue weighted by molar-refractivity contribution is 0.315. The third-order valence-corrected chi connectivity index (χ3v) is 2.11. The summed E-state index contributed by atoms with van der Waals surface area (Å²) in [6.45, 7) is 4.49.